The van der Waals surface area contributed by atoms with Crippen molar-refractivity contribution in [2.75, 3.05) is 26.2 Å². The number of para-hydroxylation sites is 1. The van der Waals surface area contributed by atoms with Crippen molar-refractivity contribution < 1.29 is 22.2 Å². The maximum absolute atomic E-state index is 11.3. The van der Waals surface area contributed by atoms with E-state index in [-0.39, 0.29) is 22.8 Å². The fourth-order valence-electron chi connectivity index (χ4n) is 1.25. The molecule has 1 radical (unpaired) electrons. The van der Waals surface area contributed by atoms with Crippen LogP contribution in [0.1, 0.15) is 12.0 Å². The monoisotopic (exact) mass is 325 g/mol. The van der Waals surface area contributed by atoms with Crippen LogP contribution < -0.4 is 16.2 Å². The number of aliphatic imine (C=N–C) groups is 1. The van der Waals surface area contributed by atoms with Crippen LogP contribution in [-0.2, 0) is 17.1 Å². The van der Waals surface area contributed by atoms with Gasteiger partial charge < -0.3 is 27.2 Å². The van der Waals surface area contributed by atoms with Gasteiger partial charge in [-0.1, -0.05) is 24.3 Å². The van der Waals surface area contributed by atoms with Crippen LogP contribution in [0.3, 0.4) is 0 Å². The van der Waals surface area contributed by atoms with Crippen molar-refractivity contribution in [1.82, 2.24) is 5.32 Å². The molecule has 1 rings (SSSR count). The molecule has 20 heavy (non-hydrogen) atoms. The van der Waals surface area contributed by atoms with Gasteiger partial charge >= 0.3 is 17.1 Å². The summed E-state index contributed by atoms with van der Waals surface area (Å²) >= 11 is 0. The number of nitrogens with one attached hydrogen (secondary N) is 1. The Balaban J connectivity index is 0. The van der Waals surface area contributed by atoms with Crippen LogP contribution in [-0.4, -0.2) is 32.4 Å². The molecular formula is C12H18CuN6O. The first-order chi connectivity index (χ1) is 9.26. The van der Waals surface area contributed by atoms with Gasteiger partial charge in [-0.2, -0.15) is 0 Å². The molecule has 0 heterocycles. The summed E-state index contributed by atoms with van der Waals surface area (Å²) in [6, 6.07) is 6.88. The van der Waals surface area contributed by atoms with E-state index in [4.69, 9.17) is 16.8 Å². The van der Waals surface area contributed by atoms with Gasteiger partial charge in [-0.05, 0) is 25.1 Å². The van der Waals surface area contributed by atoms with E-state index in [9.17, 15) is 5.11 Å². The number of rotatable bonds is 7. The van der Waals surface area contributed by atoms with Crippen molar-refractivity contribution in [3.05, 3.63) is 45.8 Å². The Labute approximate surface area is 129 Å². The molecule has 0 unspecified atom stereocenters. The standard InChI is InChI=1S/C12H19N3O.Cu.N3/c13-6-3-7-14-8-9-15-10-11-4-1-2-5-12(11)16;;1-3-2/h1-2,4-5,10,14,16H,3,6-9,13H2;;/q;+2;-1/p-1. The van der Waals surface area contributed by atoms with E-state index in [1.165, 1.54) is 4.91 Å². The van der Waals surface area contributed by atoms with Crippen LogP contribution >= 0.6 is 0 Å². The van der Waals surface area contributed by atoms with Gasteiger partial charge in [-0.3, -0.25) is 9.90 Å². The molecule has 0 bridgehead atoms. The molecule has 0 spiro atoms. The van der Waals surface area contributed by atoms with Crippen molar-refractivity contribution in [2.45, 2.75) is 6.42 Å². The first-order valence-electron chi connectivity index (χ1n) is 5.91. The average Bonchev–Trinajstić information content (AvgIpc) is 2.41. The van der Waals surface area contributed by atoms with Crippen molar-refractivity contribution in [3.63, 3.8) is 0 Å². The molecule has 0 amide bonds. The molecule has 8 heteroatoms. The minimum atomic E-state index is 0. The molecule has 0 fully saturated rings. The molecule has 1 aromatic carbocycles. The molecule has 0 saturated heterocycles. The van der Waals surface area contributed by atoms with Crippen molar-refractivity contribution in [1.29, 1.82) is 0 Å². The third-order valence-electron chi connectivity index (χ3n) is 2.12. The average molecular weight is 326 g/mol. The van der Waals surface area contributed by atoms with Crippen LogP contribution in [0.15, 0.2) is 29.3 Å². The van der Waals surface area contributed by atoms with Crippen LogP contribution in [0, 0.1) is 0 Å². The Bertz CT molecular complexity index is 407. The summed E-state index contributed by atoms with van der Waals surface area (Å²) in [4.78, 5) is 5.68. The first kappa shape index (κ1) is 20.8. The predicted molar refractivity (Wildman–Crippen MR) is 75.0 cm³/mol. The third kappa shape index (κ3) is 11.5. The summed E-state index contributed by atoms with van der Waals surface area (Å²) in [5, 5.41) is 14.5. The largest absolute Gasteiger partial charge is 2.00 e. The Morgan fingerprint density at radius 1 is 1.30 bits per heavy atom. The number of benzene rings is 1. The molecule has 0 aliphatic rings. The Kier molecular flexibility index (Phi) is 16.1. The van der Waals surface area contributed by atoms with Gasteiger partial charge in [0.15, 0.2) is 0 Å². The minimum absolute atomic E-state index is 0. The number of nitrogens with two attached hydrogens (primary N) is 1. The third-order valence-corrected chi connectivity index (χ3v) is 2.12. The molecule has 3 N–H and O–H groups in total. The summed E-state index contributed by atoms with van der Waals surface area (Å²) in [7, 11) is 0. The number of hydrogen-bond acceptors (Lipinski definition) is 4. The first-order valence-corrected chi connectivity index (χ1v) is 5.91. The predicted octanol–water partition coefficient (Wildman–Crippen LogP) is 0.981. The van der Waals surface area contributed by atoms with Crippen LogP contribution in [0.25, 0.3) is 16.0 Å². The summed E-state index contributed by atoms with van der Waals surface area (Å²) < 4.78 is 0. The SMILES string of the molecule is NCCCNCCN=Cc1ccccc1[O-].[Cu+2].[N-]=[N+]=[N-]. The molecule has 113 valence electrons. The van der Waals surface area contributed by atoms with Gasteiger partial charge in [0.2, 0.25) is 0 Å². The van der Waals surface area contributed by atoms with E-state index >= 15 is 0 Å². The summed E-state index contributed by atoms with van der Waals surface area (Å²) in [6.07, 6.45) is 2.61. The van der Waals surface area contributed by atoms with Gasteiger partial charge in [0.1, 0.15) is 0 Å². The second-order valence-electron chi connectivity index (χ2n) is 3.55. The molecule has 0 aliphatic carbocycles. The smallest absolute Gasteiger partial charge is 0.872 e. The summed E-state index contributed by atoms with van der Waals surface area (Å²) in [5.74, 6) is 0.0161. The van der Waals surface area contributed by atoms with Gasteiger partial charge in [-0.25, -0.2) is 0 Å². The van der Waals surface area contributed by atoms with Gasteiger partial charge in [0, 0.05) is 12.8 Å². The molecule has 7 nitrogen and oxygen atoms in total. The van der Waals surface area contributed by atoms with Gasteiger partial charge in [0.25, 0.3) is 0 Å². The minimum Gasteiger partial charge on any atom is -0.872 e. The zero-order valence-electron chi connectivity index (χ0n) is 11.0. The molecule has 0 saturated carbocycles. The number of nitrogens with zero attached hydrogens (tertiary/aromatic N) is 4. The van der Waals surface area contributed by atoms with E-state index in [0.717, 1.165) is 19.5 Å². The molecular weight excluding hydrogens is 308 g/mol. The van der Waals surface area contributed by atoms with Crippen molar-refractivity contribution in [3.8, 4) is 5.75 Å². The fourth-order valence-corrected chi connectivity index (χ4v) is 1.25. The van der Waals surface area contributed by atoms with Crippen LogP contribution in [0.2, 0.25) is 0 Å². The Morgan fingerprint density at radius 3 is 2.55 bits per heavy atom. The van der Waals surface area contributed by atoms with E-state index in [0.29, 0.717) is 18.7 Å². The zero-order valence-corrected chi connectivity index (χ0v) is 11.9. The van der Waals surface area contributed by atoms with E-state index in [1.54, 1.807) is 24.4 Å². The second-order valence-corrected chi connectivity index (χ2v) is 3.55. The van der Waals surface area contributed by atoms with Gasteiger partial charge in [-0.15, -0.1) is 5.75 Å². The maximum atomic E-state index is 11.3. The summed E-state index contributed by atoms with van der Waals surface area (Å²) in [5.41, 5.74) is 19.5. The number of hydrogen-bond donors (Lipinski definition) is 2. The quantitative estimate of drug-likeness (QED) is 0.193. The van der Waals surface area contributed by atoms with Crippen LogP contribution in [0.4, 0.5) is 0 Å². The normalized spacial score (nSPS) is 9.25. The van der Waals surface area contributed by atoms with E-state index in [1.807, 2.05) is 6.07 Å². The molecule has 0 aromatic heterocycles. The topological polar surface area (TPSA) is 132 Å². The van der Waals surface area contributed by atoms with E-state index in [2.05, 4.69) is 10.3 Å². The van der Waals surface area contributed by atoms with Crippen molar-refractivity contribution >= 4 is 6.21 Å². The second kappa shape index (κ2) is 15.5. The van der Waals surface area contributed by atoms with Crippen molar-refractivity contribution in [2.24, 2.45) is 10.7 Å². The molecule has 0 aliphatic heterocycles. The fraction of sp³-hybridized carbons (Fsp3) is 0.417. The Morgan fingerprint density at radius 2 is 1.95 bits per heavy atom. The van der Waals surface area contributed by atoms with Crippen LogP contribution in [0.5, 0.6) is 5.75 Å². The Hall–Kier alpha value is -1.56. The van der Waals surface area contributed by atoms with E-state index < -0.39 is 0 Å². The van der Waals surface area contributed by atoms with Gasteiger partial charge in [0.05, 0.1) is 6.54 Å². The molecule has 1 aromatic rings. The molecule has 0 atom stereocenters. The maximum Gasteiger partial charge on any atom is 2.00 e. The zero-order chi connectivity index (χ0) is 14.3. The summed E-state index contributed by atoms with van der Waals surface area (Å²) in [6.45, 7) is 3.13.